The van der Waals surface area contributed by atoms with Crippen molar-refractivity contribution in [2.45, 2.75) is 6.42 Å². The number of allylic oxidation sites excluding steroid dienone is 6. The molecule has 1 aliphatic carbocycles. The second-order valence-corrected chi connectivity index (χ2v) is 4.36. The fourth-order valence-electron chi connectivity index (χ4n) is 2.07. The quantitative estimate of drug-likeness (QED) is 0.799. The molecule has 92 valence electrons. The van der Waals surface area contributed by atoms with Gasteiger partial charge in [0, 0.05) is 5.56 Å². The summed E-state index contributed by atoms with van der Waals surface area (Å²) in [6, 6.07) is 12.2. The SMILES string of the molecule is C1=CC=C(c2cc(-c3ccccc3)ncn2)CC=C1. The van der Waals surface area contributed by atoms with Crippen LogP contribution in [0, 0.1) is 0 Å². The van der Waals surface area contributed by atoms with Gasteiger partial charge < -0.3 is 0 Å². The zero-order valence-corrected chi connectivity index (χ0v) is 10.5. The number of aromatic nitrogens is 2. The maximum atomic E-state index is 4.38. The Morgan fingerprint density at radius 2 is 1.68 bits per heavy atom. The summed E-state index contributed by atoms with van der Waals surface area (Å²) in [6.45, 7) is 0. The van der Waals surface area contributed by atoms with Gasteiger partial charge in [-0.2, -0.15) is 0 Å². The fourth-order valence-corrected chi connectivity index (χ4v) is 2.07. The zero-order valence-electron chi connectivity index (χ0n) is 10.5. The fraction of sp³-hybridized carbons (Fsp3) is 0.0588. The summed E-state index contributed by atoms with van der Waals surface area (Å²) >= 11 is 0. The van der Waals surface area contributed by atoms with Gasteiger partial charge in [-0.15, -0.1) is 0 Å². The van der Waals surface area contributed by atoms with Crippen LogP contribution in [0.5, 0.6) is 0 Å². The molecule has 1 aromatic carbocycles. The topological polar surface area (TPSA) is 25.8 Å². The maximum absolute atomic E-state index is 4.38. The van der Waals surface area contributed by atoms with E-state index in [9.17, 15) is 0 Å². The molecule has 0 fully saturated rings. The summed E-state index contributed by atoms with van der Waals surface area (Å²) in [5.41, 5.74) is 4.28. The molecule has 0 saturated heterocycles. The first-order valence-electron chi connectivity index (χ1n) is 6.34. The average molecular weight is 246 g/mol. The van der Waals surface area contributed by atoms with Gasteiger partial charge in [-0.05, 0) is 18.1 Å². The van der Waals surface area contributed by atoms with Gasteiger partial charge in [0.2, 0.25) is 0 Å². The van der Waals surface area contributed by atoms with Gasteiger partial charge in [0.25, 0.3) is 0 Å². The molecule has 0 atom stereocenters. The standard InChI is InChI=1S/C17H14N2/c1-2-5-9-14(8-4-1)16-12-17(19-13-18-16)15-10-6-3-7-11-15/h1-8,10-13H,9H2. The molecule has 1 heterocycles. The van der Waals surface area contributed by atoms with Crippen molar-refractivity contribution in [3.05, 3.63) is 78.8 Å². The Kier molecular flexibility index (Phi) is 3.32. The Hall–Kier alpha value is -2.48. The van der Waals surface area contributed by atoms with Gasteiger partial charge in [0.1, 0.15) is 6.33 Å². The predicted molar refractivity (Wildman–Crippen MR) is 78.3 cm³/mol. The van der Waals surface area contributed by atoms with Crippen molar-refractivity contribution in [1.29, 1.82) is 0 Å². The molecule has 0 unspecified atom stereocenters. The second-order valence-electron chi connectivity index (χ2n) is 4.36. The Labute approximate surface area is 112 Å². The zero-order chi connectivity index (χ0) is 12.9. The predicted octanol–water partition coefficient (Wildman–Crippen LogP) is 4.04. The molecule has 0 amide bonds. The van der Waals surface area contributed by atoms with Crippen molar-refractivity contribution in [3.8, 4) is 11.3 Å². The monoisotopic (exact) mass is 246 g/mol. The van der Waals surface area contributed by atoms with Crippen molar-refractivity contribution < 1.29 is 0 Å². The minimum absolute atomic E-state index is 0.901. The van der Waals surface area contributed by atoms with E-state index in [0.29, 0.717) is 0 Å². The van der Waals surface area contributed by atoms with E-state index in [0.717, 1.165) is 23.4 Å². The van der Waals surface area contributed by atoms with Crippen LogP contribution >= 0.6 is 0 Å². The first-order chi connectivity index (χ1) is 9.43. The summed E-state index contributed by atoms with van der Waals surface area (Å²) in [5.74, 6) is 0. The number of benzene rings is 1. The molecule has 0 saturated carbocycles. The van der Waals surface area contributed by atoms with Crippen LogP contribution in [-0.2, 0) is 0 Å². The van der Waals surface area contributed by atoms with E-state index in [1.165, 1.54) is 5.57 Å². The normalized spacial score (nSPS) is 14.0. The van der Waals surface area contributed by atoms with Crippen molar-refractivity contribution >= 4 is 5.57 Å². The molecule has 2 nitrogen and oxygen atoms in total. The van der Waals surface area contributed by atoms with Crippen LogP contribution in [0.1, 0.15) is 12.1 Å². The summed E-state index contributed by atoms with van der Waals surface area (Å²) < 4.78 is 0. The lowest BCUT2D eigenvalue weighted by Gasteiger charge is -2.05. The molecule has 0 spiro atoms. The van der Waals surface area contributed by atoms with Gasteiger partial charge in [-0.1, -0.05) is 60.7 Å². The van der Waals surface area contributed by atoms with E-state index in [2.05, 4.69) is 40.3 Å². The lowest BCUT2D eigenvalue weighted by Crippen LogP contribution is -1.92. The molecule has 1 aliphatic rings. The molecule has 1 aromatic heterocycles. The summed E-state index contributed by atoms with van der Waals surface area (Å²) in [4.78, 5) is 8.74. The largest absolute Gasteiger partial charge is 0.237 e. The third-order valence-electron chi connectivity index (χ3n) is 3.06. The lowest BCUT2D eigenvalue weighted by molar-refractivity contribution is 1.13. The highest BCUT2D eigenvalue weighted by Crippen LogP contribution is 2.23. The highest BCUT2D eigenvalue weighted by molar-refractivity contribution is 5.70. The molecular formula is C17H14N2. The first-order valence-corrected chi connectivity index (χ1v) is 6.34. The number of hydrogen-bond donors (Lipinski definition) is 0. The molecular weight excluding hydrogens is 232 g/mol. The minimum Gasteiger partial charge on any atom is -0.237 e. The van der Waals surface area contributed by atoms with Crippen LogP contribution < -0.4 is 0 Å². The van der Waals surface area contributed by atoms with Crippen molar-refractivity contribution in [2.24, 2.45) is 0 Å². The molecule has 0 radical (unpaired) electrons. The van der Waals surface area contributed by atoms with E-state index >= 15 is 0 Å². The molecule has 0 aliphatic heterocycles. The van der Waals surface area contributed by atoms with Crippen LogP contribution in [-0.4, -0.2) is 9.97 Å². The van der Waals surface area contributed by atoms with Crippen LogP contribution in [0.4, 0.5) is 0 Å². The van der Waals surface area contributed by atoms with E-state index in [1.807, 2.05) is 36.4 Å². The Morgan fingerprint density at radius 1 is 0.842 bits per heavy atom. The third-order valence-corrected chi connectivity index (χ3v) is 3.06. The Balaban J connectivity index is 1.99. The first kappa shape index (κ1) is 11.6. The highest BCUT2D eigenvalue weighted by atomic mass is 14.8. The van der Waals surface area contributed by atoms with Gasteiger partial charge in [-0.3, -0.25) is 0 Å². The van der Waals surface area contributed by atoms with Crippen LogP contribution in [0.15, 0.2) is 73.1 Å². The number of rotatable bonds is 2. The van der Waals surface area contributed by atoms with E-state index in [-0.39, 0.29) is 0 Å². The molecule has 2 heteroatoms. The van der Waals surface area contributed by atoms with Crippen LogP contribution in [0.2, 0.25) is 0 Å². The van der Waals surface area contributed by atoms with Crippen LogP contribution in [0.3, 0.4) is 0 Å². The minimum atomic E-state index is 0.901. The maximum Gasteiger partial charge on any atom is 0.116 e. The van der Waals surface area contributed by atoms with E-state index in [4.69, 9.17) is 0 Å². The average Bonchev–Trinajstić information content (AvgIpc) is 2.77. The second kappa shape index (κ2) is 5.44. The van der Waals surface area contributed by atoms with Crippen molar-refractivity contribution in [2.75, 3.05) is 0 Å². The summed E-state index contributed by atoms with van der Waals surface area (Å²) in [7, 11) is 0. The number of nitrogens with zero attached hydrogens (tertiary/aromatic N) is 2. The molecule has 3 rings (SSSR count). The van der Waals surface area contributed by atoms with Crippen LogP contribution in [0.25, 0.3) is 16.8 Å². The molecule has 0 N–H and O–H groups in total. The Bertz CT molecular complexity index is 652. The number of hydrogen-bond acceptors (Lipinski definition) is 2. The molecule has 2 aromatic rings. The molecule has 19 heavy (non-hydrogen) atoms. The lowest BCUT2D eigenvalue weighted by atomic mass is 10.1. The van der Waals surface area contributed by atoms with E-state index < -0.39 is 0 Å². The summed E-state index contributed by atoms with van der Waals surface area (Å²) in [6.07, 6.45) is 12.9. The van der Waals surface area contributed by atoms with Crippen molar-refractivity contribution in [3.63, 3.8) is 0 Å². The third kappa shape index (κ3) is 2.68. The molecule has 0 bridgehead atoms. The van der Waals surface area contributed by atoms with E-state index in [1.54, 1.807) is 6.33 Å². The summed E-state index contributed by atoms with van der Waals surface area (Å²) in [5, 5.41) is 0. The smallest absolute Gasteiger partial charge is 0.116 e. The Morgan fingerprint density at radius 3 is 2.58 bits per heavy atom. The highest BCUT2D eigenvalue weighted by Gasteiger charge is 2.05. The van der Waals surface area contributed by atoms with Crippen molar-refractivity contribution in [1.82, 2.24) is 9.97 Å². The van der Waals surface area contributed by atoms with Gasteiger partial charge in [0.05, 0.1) is 11.4 Å². The van der Waals surface area contributed by atoms with Gasteiger partial charge in [0.15, 0.2) is 0 Å². The van der Waals surface area contributed by atoms with Gasteiger partial charge >= 0.3 is 0 Å². The van der Waals surface area contributed by atoms with Gasteiger partial charge in [-0.25, -0.2) is 9.97 Å².